The number of nitrogens with one attached hydrogen (secondary N) is 1. The standard InChI is InChI=1S/C28H35N5O5/c1-36-24-16-21(17-25(19-24)37-2)20-33(28(34)35)26-10-11-29-27(31-26)30-22-8-6-9-23(18-22)38-15-7-14-32-12-4-3-5-13-32/h6,8-11,16-19H,3-5,7,12-15,20H2,1-2H3,(H,34,35)(H,29,30,31). The normalized spacial score (nSPS) is 13.5. The molecule has 0 unspecified atom stereocenters. The van der Waals surface area contributed by atoms with E-state index in [1.165, 1.54) is 38.5 Å². The first-order chi connectivity index (χ1) is 18.5. The lowest BCUT2D eigenvalue weighted by molar-refractivity contribution is 0.201. The number of ether oxygens (including phenoxy) is 3. The zero-order valence-corrected chi connectivity index (χ0v) is 21.9. The van der Waals surface area contributed by atoms with E-state index in [1.54, 1.807) is 38.5 Å². The number of carboxylic acid groups (broad SMARTS) is 1. The van der Waals surface area contributed by atoms with Gasteiger partial charge in [0.2, 0.25) is 5.95 Å². The fraction of sp³-hybridized carbons (Fsp3) is 0.393. The topological polar surface area (TPSA) is 109 Å². The van der Waals surface area contributed by atoms with Crippen LogP contribution in [0.25, 0.3) is 0 Å². The quantitative estimate of drug-likeness (QED) is 0.312. The van der Waals surface area contributed by atoms with E-state index in [0.29, 0.717) is 23.7 Å². The summed E-state index contributed by atoms with van der Waals surface area (Å²) in [5, 5.41) is 13.1. The van der Waals surface area contributed by atoms with Crippen LogP contribution < -0.4 is 24.4 Å². The van der Waals surface area contributed by atoms with Crippen molar-refractivity contribution < 1.29 is 24.1 Å². The Hall–Kier alpha value is -4.05. The number of piperidine rings is 1. The lowest BCUT2D eigenvalue weighted by Crippen LogP contribution is -2.31. The highest BCUT2D eigenvalue weighted by molar-refractivity contribution is 5.84. The van der Waals surface area contributed by atoms with Crippen molar-refractivity contribution in [3.63, 3.8) is 0 Å². The van der Waals surface area contributed by atoms with E-state index in [1.807, 2.05) is 24.3 Å². The molecule has 38 heavy (non-hydrogen) atoms. The van der Waals surface area contributed by atoms with Gasteiger partial charge in [-0.3, -0.25) is 4.90 Å². The highest BCUT2D eigenvalue weighted by Crippen LogP contribution is 2.26. The summed E-state index contributed by atoms with van der Waals surface area (Å²) in [5.41, 5.74) is 1.44. The van der Waals surface area contributed by atoms with E-state index in [2.05, 4.69) is 20.2 Å². The number of hydrogen-bond donors (Lipinski definition) is 2. The minimum Gasteiger partial charge on any atom is -0.497 e. The van der Waals surface area contributed by atoms with Crippen molar-refractivity contribution in [1.29, 1.82) is 0 Å². The molecule has 1 aliphatic rings. The maximum absolute atomic E-state index is 12.1. The van der Waals surface area contributed by atoms with Crippen LogP contribution in [-0.4, -0.2) is 66.5 Å². The van der Waals surface area contributed by atoms with Crippen molar-refractivity contribution in [2.75, 3.05) is 50.7 Å². The van der Waals surface area contributed by atoms with Crippen LogP contribution in [0.1, 0.15) is 31.2 Å². The lowest BCUT2D eigenvalue weighted by atomic mass is 10.1. The van der Waals surface area contributed by atoms with E-state index in [9.17, 15) is 9.90 Å². The number of aromatic nitrogens is 2. The maximum Gasteiger partial charge on any atom is 0.413 e. The number of amides is 1. The molecular weight excluding hydrogens is 486 g/mol. The largest absolute Gasteiger partial charge is 0.497 e. The third-order valence-electron chi connectivity index (χ3n) is 6.33. The van der Waals surface area contributed by atoms with Gasteiger partial charge in [0.1, 0.15) is 23.1 Å². The van der Waals surface area contributed by atoms with Crippen molar-refractivity contribution in [3.05, 3.63) is 60.3 Å². The summed E-state index contributed by atoms with van der Waals surface area (Å²) in [6.45, 7) is 4.13. The highest BCUT2D eigenvalue weighted by Gasteiger charge is 2.18. The molecule has 2 N–H and O–H groups in total. The van der Waals surface area contributed by atoms with Gasteiger partial charge in [-0.15, -0.1) is 0 Å². The minimum absolute atomic E-state index is 0.0557. The Morgan fingerprint density at radius 1 is 1.03 bits per heavy atom. The van der Waals surface area contributed by atoms with Gasteiger partial charge in [0.15, 0.2) is 0 Å². The molecule has 0 atom stereocenters. The van der Waals surface area contributed by atoms with Gasteiger partial charge in [-0.1, -0.05) is 12.5 Å². The molecule has 1 saturated heterocycles. The predicted molar refractivity (Wildman–Crippen MR) is 146 cm³/mol. The summed E-state index contributed by atoms with van der Waals surface area (Å²) in [6, 6.07) is 14.4. The number of anilines is 3. The van der Waals surface area contributed by atoms with Crippen LogP contribution in [-0.2, 0) is 6.54 Å². The Bertz CT molecular complexity index is 1180. The van der Waals surface area contributed by atoms with E-state index >= 15 is 0 Å². The SMILES string of the molecule is COc1cc(CN(C(=O)O)c2ccnc(Nc3cccc(OCCCN4CCCCC4)c3)n2)cc(OC)c1. The van der Waals surface area contributed by atoms with Gasteiger partial charge in [-0.2, -0.15) is 4.98 Å². The summed E-state index contributed by atoms with van der Waals surface area (Å²) >= 11 is 0. The van der Waals surface area contributed by atoms with E-state index in [-0.39, 0.29) is 18.3 Å². The Morgan fingerprint density at radius 2 is 1.79 bits per heavy atom. The van der Waals surface area contributed by atoms with Crippen molar-refractivity contribution >= 4 is 23.5 Å². The third-order valence-corrected chi connectivity index (χ3v) is 6.33. The van der Waals surface area contributed by atoms with E-state index < -0.39 is 6.09 Å². The zero-order valence-electron chi connectivity index (χ0n) is 21.9. The van der Waals surface area contributed by atoms with E-state index in [0.717, 1.165) is 29.3 Å². The first-order valence-corrected chi connectivity index (χ1v) is 12.8. The molecule has 0 aliphatic carbocycles. The molecule has 0 spiro atoms. The first-order valence-electron chi connectivity index (χ1n) is 12.8. The van der Waals surface area contributed by atoms with Crippen molar-refractivity contribution in [2.45, 2.75) is 32.2 Å². The molecule has 0 bridgehead atoms. The highest BCUT2D eigenvalue weighted by atomic mass is 16.5. The second-order valence-electron chi connectivity index (χ2n) is 9.09. The number of rotatable bonds is 12. The number of benzene rings is 2. The van der Waals surface area contributed by atoms with E-state index in [4.69, 9.17) is 14.2 Å². The molecule has 10 heteroatoms. The molecule has 0 saturated carbocycles. The Kier molecular flexibility index (Phi) is 9.58. The number of carbonyl (C=O) groups is 1. The first kappa shape index (κ1) is 27.0. The Morgan fingerprint density at radius 3 is 2.50 bits per heavy atom. The van der Waals surface area contributed by atoms with Crippen LogP contribution in [0.5, 0.6) is 17.2 Å². The average molecular weight is 522 g/mol. The summed E-state index contributed by atoms with van der Waals surface area (Å²) in [4.78, 5) is 24.5. The fourth-order valence-electron chi connectivity index (χ4n) is 4.40. The van der Waals surface area contributed by atoms with Gasteiger partial charge >= 0.3 is 6.09 Å². The van der Waals surface area contributed by atoms with Gasteiger partial charge in [-0.25, -0.2) is 9.78 Å². The van der Waals surface area contributed by atoms with Crippen LogP contribution >= 0.6 is 0 Å². The zero-order chi connectivity index (χ0) is 26.7. The monoisotopic (exact) mass is 521 g/mol. The molecule has 10 nitrogen and oxygen atoms in total. The van der Waals surface area contributed by atoms with Gasteiger partial charge in [0, 0.05) is 30.6 Å². The molecule has 3 aromatic rings. The molecule has 202 valence electrons. The second-order valence-corrected chi connectivity index (χ2v) is 9.09. The average Bonchev–Trinajstić information content (AvgIpc) is 2.94. The smallest absolute Gasteiger partial charge is 0.413 e. The molecule has 1 fully saturated rings. The third kappa shape index (κ3) is 7.72. The number of nitrogens with zero attached hydrogens (tertiary/aromatic N) is 4. The van der Waals surface area contributed by atoms with Gasteiger partial charge < -0.3 is 29.5 Å². The molecule has 0 radical (unpaired) electrons. The van der Waals surface area contributed by atoms with Crippen LogP contribution in [0.3, 0.4) is 0 Å². The second kappa shape index (κ2) is 13.5. The maximum atomic E-state index is 12.1. The number of hydrogen-bond acceptors (Lipinski definition) is 8. The lowest BCUT2D eigenvalue weighted by Gasteiger charge is -2.26. The van der Waals surface area contributed by atoms with Crippen LogP contribution in [0.15, 0.2) is 54.7 Å². The van der Waals surface area contributed by atoms with Crippen LogP contribution in [0.4, 0.5) is 22.2 Å². The predicted octanol–water partition coefficient (Wildman–Crippen LogP) is 5.18. The van der Waals surface area contributed by atoms with Crippen LogP contribution in [0.2, 0.25) is 0 Å². The Labute approximate surface area is 223 Å². The van der Waals surface area contributed by atoms with Gasteiger partial charge in [0.25, 0.3) is 0 Å². The van der Waals surface area contributed by atoms with Gasteiger partial charge in [0.05, 0.1) is 27.4 Å². The molecule has 1 amide bonds. The molecular formula is C28H35N5O5. The van der Waals surface area contributed by atoms with Crippen molar-refractivity contribution in [3.8, 4) is 17.2 Å². The summed E-state index contributed by atoms with van der Waals surface area (Å²) in [5.74, 6) is 2.41. The summed E-state index contributed by atoms with van der Waals surface area (Å²) in [7, 11) is 3.09. The molecule has 1 aliphatic heterocycles. The number of methoxy groups -OCH3 is 2. The Balaban J connectivity index is 1.39. The summed E-state index contributed by atoms with van der Waals surface area (Å²) in [6.07, 6.45) is 5.28. The van der Waals surface area contributed by atoms with Crippen molar-refractivity contribution in [1.82, 2.24) is 14.9 Å². The minimum atomic E-state index is -1.14. The molecule has 2 aromatic carbocycles. The van der Waals surface area contributed by atoms with Crippen LogP contribution in [0, 0.1) is 0 Å². The summed E-state index contributed by atoms with van der Waals surface area (Å²) < 4.78 is 16.6. The fourth-order valence-corrected chi connectivity index (χ4v) is 4.40. The molecule has 2 heterocycles. The van der Waals surface area contributed by atoms with Gasteiger partial charge in [-0.05, 0) is 68.2 Å². The molecule has 1 aromatic heterocycles. The number of likely N-dealkylation sites (tertiary alicyclic amines) is 1. The molecule has 4 rings (SSSR count). The van der Waals surface area contributed by atoms with Crippen molar-refractivity contribution in [2.24, 2.45) is 0 Å².